The van der Waals surface area contributed by atoms with E-state index < -0.39 is 5.60 Å². The van der Waals surface area contributed by atoms with Crippen LogP contribution in [0, 0.1) is 0 Å². The molecule has 0 unspecified atom stereocenters. The standard InChI is InChI=1S/C8H13ClN2O2/c1-8(2,12-3)7-11-10-6(13-7)4-5-9/h4-5H2,1-3H3. The summed E-state index contributed by atoms with van der Waals surface area (Å²) in [4.78, 5) is 0. The quantitative estimate of drug-likeness (QED) is 0.701. The molecular formula is C8H13ClN2O2. The number of hydrogen-bond acceptors (Lipinski definition) is 4. The van der Waals surface area contributed by atoms with Crippen molar-refractivity contribution in [3.63, 3.8) is 0 Å². The van der Waals surface area contributed by atoms with Crippen LogP contribution in [0.1, 0.15) is 25.6 Å². The molecule has 0 saturated heterocycles. The molecule has 4 nitrogen and oxygen atoms in total. The SMILES string of the molecule is COC(C)(C)c1nnc(CCCl)o1. The summed E-state index contributed by atoms with van der Waals surface area (Å²) in [6.07, 6.45) is 0.592. The van der Waals surface area contributed by atoms with Crippen molar-refractivity contribution >= 4 is 11.6 Å². The predicted molar refractivity (Wildman–Crippen MR) is 48.8 cm³/mol. The lowest BCUT2D eigenvalue weighted by atomic mass is 10.1. The van der Waals surface area contributed by atoms with Gasteiger partial charge in [0.05, 0.1) is 0 Å². The van der Waals surface area contributed by atoms with E-state index in [1.165, 1.54) is 0 Å². The molecular weight excluding hydrogens is 192 g/mol. The first-order valence-corrected chi connectivity index (χ1v) is 4.57. The average molecular weight is 205 g/mol. The Balaban J connectivity index is 2.79. The molecule has 13 heavy (non-hydrogen) atoms. The van der Waals surface area contributed by atoms with Crippen LogP contribution in [-0.2, 0) is 16.8 Å². The lowest BCUT2D eigenvalue weighted by molar-refractivity contribution is -0.00447. The van der Waals surface area contributed by atoms with Crippen LogP contribution in [0.5, 0.6) is 0 Å². The fourth-order valence-electron chi connectivity index (χ4n) is 0.766. The zero-order valence-corrected chi connectivity index (χ0v) is 8.76. The lowest BCUT2D eigenvalue weighted by Gasteiger charge is -2.17. The van der Waals surface area contributed by atoms with Crippen molar-refractivity contribution in [3.8, 4) is 0 Å². The Kier molecular flexibility index (Phi) is 3.27. The van der Waals surface area contributed by atoms with Crippen molar-refractivity contribution in [1.82, 2.24) is 10.2 Å². The van der Waals surface area contributed by atoms with Crippen LogP contribution in [0.25, 0.3) is 0 Å². The summed E-state index contributed by atoms with van der Waals surface area (Å²) >= 11 is 5.53. The van der Waals surface area contributed by atoms with Crippen LogP contribution < -0.4 is 0 Å². The minimum Gasteiger partial charge on any atom is -0.422 e. The van der Waals surface area contributed by atoms with Gasteiger partial charge in [-0.3, -0.25) is 0 Å². The number of aryl methyl sites for hydroxylation is 1. The van der Waals surface area contributed by atoms with E-state index in [2.05, 4.69) is 10.2 Å². The zero-order chi connectivity index (χ0) is 9.90. The molecule has 0 radical (unpaired) electrons. The summed E-state index contributed by atoms with van der Waals surface area (Å²) in [7, 11) is 1.60. The van der Waals surface area contributed by atoms with Gasteiger partial charge in [-0.2, -0.15) is 0 Å². The minimum atomic E-state index is -0.530. The number of halogens is 1. The maximum atomic E-state index is 5.53. The highest BCUT2D eigenvalue weighted by atomic mass is 35.5. The number of nitrogens with zero attached hydrogens (tertiary/aromatic N) is 2. The third-order valence-electron chi connectivity index (χ3n) is 1.80. The summed E-state index contributed by atoms with van der Waals surface area (Å²) in [5.74, 6) is 1.51. The zero-order valence-electron chi connectivity index (χ0n) is 8.00. The van der Waals surface area contributed by atoms with Gasteiger partial charge in [-0.25, -0.2) is 0 Å². The number of alkyl halides is 1. The van der Waals surface area contributed by atoms with Gasteiger partial charge in [0.15, 0.2) is 0 Å². The number of aromatic nitrogens is 2. The molecule has 1 aromatic heterocycles. The summed E-state index contributed by atoms with van der Waals surface area (Å²) < 4.78 is 10.5. The molecule has 0 aliphatic rings. The normalized spacial score (nSPS) is 12.0. The van der Waals surface area contributed by atoms with E-state index in [-0.39, 0.29) is 0 Å². The van der Waals surface area contributed by atoms with Gasteiger partial charge >= 0.3 is 0 Å². The second-order valence-corrected chi connectivity index (χ2v) is 3.53. The largest absolute Gasteiger partial charge is 0.422 e. The van der Waals surface area contributed by atoms with Crippen LogP contribution in [0.2, 0.25) is 0 Å². The van der Waals surface area contributed by atoms with Gasteiger partial charge in [-0.1, -0.05) is 0 Å². The highest BCUT2D eigenvalue weighted by molar-refractivity contribution is 6.17. The fourth-order valence-corrected chi connectivity index (χ4v) is 0.928. The third-order valence-corrected chi connectivity index (χ3v) is 1.99. The number of hydrogen-bond donors (Lipinski definition) is 0. The molecule has 0 aliphatic heterocycles. The molecule has 0 bridgehead atoms. The second-order valence-electron chi connectivity index (χ2n) is 3.15. The maximum absolute atomic E-state index is 5.53. The number of methoxy groups -OCH3 is 1. The van der Waals surface area contributed by atoms with E-state index in [0.717, 1.165) is 0 Å². The second kappa shape index (κ2) is 4.07. The van der Waals surface area contributed by atoms with Gasteiger partial charge in [0.25, 0.3) is 0 Å². The molecule has 1 aromatic rings. The van der Waals surface area contributed by atoms with E-state index >= 15 is 0 Å². The first-order chi connectivity index (χ1) is 6.10. The number of ether oxygens (including phenoxy) is 1. The van der Waals surface area contributed by atoms with E-state index in [4.69, 9.17) is 20.8 Å². The van der Waals surface area contributed by atoms with Gasteiger partial charge < -0.3 is 9.15 Å². The van der Waals surface area contributed by atoms with Crippen LogP contribution in [0.15, 0.2) is 4.42 Å². The number of rotatable bonds is 4. The Hall–Kier alpha value is -0.610. The Bertz CT molecular complexity index is 273. The van der Waals surface area contributed by atoms with Crippen molar-refractivity contribution in [2.24, 2.45) is 0 Å². The van der Waals surface area contributed by atoms with Gasteiger partial charge in [0, 0.05) is 19.4 Å². The molecule has 74 valence electrons. The average Bonchev–Trinajstić information content (AvgIpc) is 2.54. The van der Waals surface area contributed by atoms with Gasteiger partial charge in [0.1, 0.15) is 5.60 Å². The highest BCUT2D eigenvalue weighted by Crippen LogP contribution is 2.21. The lowest BCUT2D eigenvalue weighted by Crippen LogP contribution is -2.19. The Labute approximate surface area is 82.2 Å². The van der Waals surface area contributed by atoms with Crippen molar-refractivity contribution in [3.05, 3.63) is 11.8 Å². The Morgan fingerprint density at radius 3 is 2.69 bits per heavy atom. The summed E-state index contributed by atoms with van der Waals surface area (Å²) in [5.41, 5.74) is -0.530. The summed E-state index contributed by atoms with van der Waals surface area (Å²) in [5, 5.41) is 7.72. The molecule has 0 aromatic carbocycles. The van der Waals surface area contributed by atoms with Crippen molar-refractivity contribution < 1.29 is 9.15 Å². The monoisotopic (exact) mass is 204 g/mol. The molecule has 0 atom stereocenters. The van der Waals surface area contributed by atoms with Crippen LogP contribution >= 0.6 is 11.6 Å². The first kappa shape index (κ1) is 10.5. The first-order valence-electron chi connectivity index (χ1n) is 4.04. The van der Waals surface area contributed by atoms with E-state index in [1.54, 1.807) is 7.11 Å². The van der Waals surface area contributed by atoms with E-state index in [0.29, 0.717) is 24.1 Å². The molecule has 1 rings (SSSR count). The predicted octanol–water partition coefficient (Wildman–Crippen LogP) is 1.73. The van der Waals surface area contributed by atoms with Gasteiger partial charge in [0.2, 0.25) is 11.8 Å². The Morgan fingerprint density at radius 1 is 1.46 bits per heavy atom. The molecule has 0 N–H and O–H groups in total. The molecule has 0 fully saturated rings. The minimum absolute atomic E-state index is 0.481. The molecule has 0 saturated carbocycles. The van der Waals surface area contributed by atoms with Gasteiger partial charge in [-0.05, 0) is 13.8 Å². The van der Waals surface area contributed by atoms with Crippen molar-refractivity contribution in [2.75, 3.05) is 13.0 Å². The summed E-state index contributed by atoms with van der Waals surface area (Å²) in [6, 6.07) is 0. The molecule has 0 amide bonds. The van der Waals surface area contributed by atoms with Crippen LogP contribution in [-0.4, -0.2) is 23.2 Å². The summed E-state index contributed by atoms with van der Waals surface area (Å²) in [6.45, 7) is 3.73. The van der Waals surface area contributed by atoms with Crippen LogP contribution in [0.4, 0.5) is 0 Å². The van der Waals surface area contributed by atoms with Gasteiger partial charge in [-0.15, -0.1) is 21.8 Å². The van der Waals surface area contributed by atoms with Crippen LogP contribution in [0.3, 0.4) is 0 Å². The highest BCUT2D eigenvalue weighted by Gasteiger charge is 2.26. The molecule has 5 heteroatoms. The molecule has 0 spiro atoms. The fraction of sp³-hybridized carbons (Fsp3) is 0.750. The Morgan fingerprint density at radius 2 is 2.15 bits per heavy atom. The topological polar surface area (TPSA) is 48.2 Å². The smallest absolute Gasteiger partial charge is 0.247 e. The molecule has 0 aliphatic carbocycles. The van der Waals surface area contributed by atoms with E-state index in [9.17, 15) is 0 Å². The van der Waals surface area contributed by atoms with Crippen molar-refractivity contribution in [1.29, 1.82) is 0 Å². The van der Waals surface area contributed by atoms with E-state index in [1.807, 2.05) is 13.8 Å². The third kappa shape index (κ3) is 2.42. The van der Waals surface area contributed by atoms with Crippen molar-refractivity contribution in [2.45, 2.75) is 25.9 Å². The molecule has 1 heterocycles. The maximum Gasteiger partial charge on any atom is 0.247 e.